The molecule has 0 fully saturated rings. The maximum atomic E-state index is 10.8. The van der Waals surface area contributed by atoms with Crippen molar-refractivity contribution in [3.63, 3.8) is 0 Å². The Morgan fingerprint density at radius 2 is 2.27 bits per heavy atom. The lowest BCUT2D eigenvalue weighted by Gasteiger charge is -1.99. The van der Waals surface area contributed by atoms with Gasteiger partial charge in [0.2, 0.25) is 0 Å². The molecule has 0 bridgehead atoms. The predicted molar refractivity (Wildman–Crippen MR) is 40.2 cm³/mol. The van der Waals surface area contributed by atoms with Gasteiger partial charge in [0.15, 0.2) is 5.75 Å². The van der Waals surface area contributed by atoms with E-state index in [1.165, 1.54) is 0 Å². The van der Waals surface area contributed by atoms with Crippen LogP contribution < -0.4 is 10.5 Å². The first-order valence-electron chi connectivity index (χ1n) is 3.35. The summed E-state index contributed by atoms with van der Waals surface area (Å²) in [5.74, 6) is 0.315. The molecule has 0 aromatic heterocycles. The van der Waals surface area contributed by atoms with Crippen molar-refractivity contribution in [2.75, 3.05) is 5.73 Å². The lowest BCUT2D eigenvalue weighted by Crippen LogP contribution is -2.01. The van der Waals surface area contributed by atoms with Crippen molar-refractivity contribution in [1.82, 2.24) is 0 Å². The highest BCUT2D eigenvalue weighted by Gasteiger charge is 2.21. The molecule has 1 aliphatic rings. The van der Waals surface area contributed by atoms with Gasteiger partial charge in [-0.25, -0.2) is 0 Å². The largest absolute Gasteiger partial charge is 0.424 e. The first-order valence-corrected chi connectivity index (χ1v) is 3.35. The third kappa shape index (κ3) is 0.852. The average molecular weight is 149 g/mol. The Kier molecular flexibility index (Phi) is 1.12. The minimum atomic E-state index is -0.224. The Morgan fingerprint density at radius 3 is 3.00 bits per heavy atom. The molecule has 0 amide bonds. The highest BCUT2D eigenvalue weighted by atomic mass is 16.5. The average Bonchev–Trinajstić information content (AvgIpc) is 2.31. The van der Waals surface area contributed by atoms with Gasteiger partial charge in [0.25, 0.3) is 0 Å². The molecule has 0 saturated heterocycles. The number of carbonyl (C=O) groups is 1. The van der Waals surface area contributed by atoms with Crippen LogP contribution in [0.1, 0.15) is 5.56 Å². The van der Waals surface area contributed by atoms with Crippen molar-refractivity contribution >= 4 is 11.7 Å². The van der Waals surface area contributed by atoms with Gasteiger partial charge in [-0.15, -0.1) is 0 Å². The predicted octanol–water partition coefficient (Wildman–Crippen LogP) is 0.730. The summed E-state index contributed by atoms with van der Waals surface area (Å²) in [6.45, 7) is 0. The number of benzene rings is 1. The van der Waals surface area contributed by atoms with E-state index in [1.807, 2.05) is 12.1 Å². The Labute approximate surface area is 63.8 Å². The van der Waals surface area contributed by atoms with Gasteiger partial charge in [0, 0.05) is 5.56 Å². The van der Waals surface area contributed by atoms with E-state index in [-0.39, 0.29) is 5.97 Å². The summed E-state index contributed by atoms with van der Waals surface area (Å²) in [6.07, 6.45) is 0.348. The van der Waals surface area contributed by atoms with E-state index in [0.29, 0.717) is 17.9 Å². The van der Waals surface area contributed by atoms with Crippen molar-refractivity contribution in [3.8, 4) is 5.75 Å². The number of carbonyl (C=O) groups excluding carboxylic acids is 1. The number of hydrogen-bond donors (Lipinski definition) is 1. The lowest BCUT2D eigenvalue weighted by molar-refractivity contribution is -0.131. The van der Waals surface area contributed by atoms with Crippen LogP contribution in [0, 0.1) is 0 Å². The number of ether oxygens (including phenoxy) is 1. The third-order valence-corrected chi connectivity index (χ3v) is 1.68. The molecular weight excluding hydrogens is 142 g/mol. The molecule has 0 atom stereocenters. The molecule has 2 rings (SSSR count). The van der Waals surface area contributed by atoms with Gasteiger partial charge in [0.1, 0.15) is 0 Å². The van der Waals surface area contributed by atoms with Crippen molar-refractivity contribution in [3.05, 3.63) is 23.8 Å². The molecule has 1 aromatic rings. The summed E-state index contributed by atoms with van der Waals surface area (Å²) < 4.78 is 4.87. The fraction of sp³-hybridized carbons (Fsp3) is 0.125. The Balaban J connectivity index is 2.57. The van der Waals surface area contributed by atoms with Crippen LogP contribution >= 0.6 is 0 Å². The fourth-order valence-corrected chi connectivity index (χ4v) is 1.17. The van der Waals surface area contributed by atoms with Crippen LogP contribution in [-0.4, -0.2) is 5.97 Å². The van der Waals surface area contributed by atoms with Gasteiger partial charge < -0.3 is 10.5 Å². The zero-order valence-electron chi connectivity index (χ0n) is 5.83. The molecule has 1 heterocycles. The van der Waals surface area contributed by atoms with Crippen LogP contribution in [0.3, 0.4) is 0 Å². The topological polar surface area (TPSA) is 52.3 Å². The smallest absolute Gasteiger partial charge is 0.315 e. The SMILES string of the molecule is Nc1cccc2c1OC(=O)C2. The maximum Gasteiger partial charge on any atom is 0.315 e. The number of rotatable bonds is 0. The minimum absolute atomic E-state index is 0.224. The molecule has 0 radical (unpaired) electrons. The van der Waals surface area contributed by atoms with Crippen molar-refractivity contribution < 1.29 is 9.53 Å². The van der Waals surface area contributed by atoms with Crippen LogP contribution in [0.25, 0.3) is 0 Å². The first-order chi connectivity index (χ1) is 5.27. The monoisotopic (exact) mass is 149 g/mol. The number of fused-ring (bicyclic) bond motifs is 1. The molecule has 2 N–H and O–H groups in total. The zero-order valence-corrected chi connectivity index (χ0v) is 5.83. The van der Waals surface area contributed by atoms with E-state index < -0.39 is 0 Å². The molecule has 3 nitrogen and oxygen atoms in total. The molecule has 0 saturated carbocycles. The van der Waals surface area contributed by atoms with Gasteiger partial charge in [-0.2, -0.15) is 0 Å². The highest BCUT2D eigenvalue weighted by molar-refractivity contribution is 5.84. The Morgan fingerprint density at radius 1 is 1.45 bits per heavy atom. The molecule has 0 unspecified atom stereocenters. The van der Waals surface area contributed by atoms with Crippen LogP contribution in [0.15, 0.2) is 18.2 Å². The van der Waals surface area contributed by atoms with Crippen LogP contribution in [0.4, 0.5) is 5.69 Å². The van der Waals surface area contributed by atoms with Gasteiger partial charge in [-0.05, 0) is 6.07 Å². The molecular formula is C8H7NO2. The zero-order chi connectivity index (χ0) is 7.84. The van der Waals surface area contributed by atoms with E-state index in [0.717, 1.165) is 5.56 Å². The molecule has 1 aliphatic heterocycles. The Bertz CT molecular complexity index is 320. The first kappa shape index (κ1) is 6.22. The summed E-state index contributed by atoms with van der Waals surface area (Å²) in [5.41, 5.74) is 6.98. The molecule has 56 valence electrons. The van der Waals surface area contributed by atoms with Gasteiger partial charge in [0.05, 0.1) is 12.1 Å². The molecule has 1 aromatic carbocycles. The minimum Gasteiger partial charge on any atom is -0.424 e. The van der Waals surface area contributed by atoms with Crippen molar-refractivity contribution in [1.29, 1.82) is 0 Å². The van der Waals surface area contributed by atoms with Gasteiger partial charge in [-0.1, -0.05) is 12.1 Å². The normalized spacial score (nSPS) is 14.4. The van der Waals surface area contributed by atoms with Gasteiger partial charge in [-0.3, -0.25) is 4.79 Å². The summed E-state index contributed by atoms with van der Waals surface area (Å²) in [6, 6.07) is 5.38. The summed E-state index contributed by atoms with van der Waals surface area (Å²) in [7, 11) is 0. The number of nitrogen functional groups attached to an aromatic ring is 1. The second kappa shape index (κ2) is 1.99. The maximum absolute atomic E-state index is 10.8. The standard InChI is InChI=1S/C8H7NO2/c9-6-3-1-2-5-4-7(10)11-8(5)6/h1-3H,4,9H2. The number of para-hydroxylation sites is 1. The molecule has 0 aliphatic carbocycles. The number of nitrogens with two attached hydrogens (primary N) is 1. The number of anilines is 1. The molecule has 3 heteroatoms. The van der Waals surface area contributed by atoms with E-state index in [2.05, 4.69) is 0 Å². The van der Waals surface area contributed by atoms with Crippen molar-refractivity contribution in [2.24, 2.45) is 0 Å². The number of esters is 1. The van der Waals surface area contributed by atoms with Crippen LogP contribution in [-0.2, 0) is 11.2 Å². The van der Waals surface area contributed by atoms with E-state index >= 15 is 0 Å². The second-order valence-corrected chi connectivity index (χ2v) is 2.49. The third-order valence-electron chi connectivity index (χ3n) is 1.68. The van der Waals surface area contributed by atoms with Crippen LogP contribution in [0.5, 0.6) is 5.75 Å². The van der Waals surface area contributed by atoms with E-state index in [4.69, 9.17) is 10.5 Å². The highest BCUT2D eigenvalue weighted by Crippen LogP contribution is 2.31. The second-order valence-electron chi connectivity index (χ2n) is 2.49. The molecule has 11 heavy (non-hydrogen) atoms. The summed E-state index contributed by atoms with van der Waals surface area (Å²) in [5, 5.41) is 0. The van der Waals surface area contributed by atoms with Crippen LogP contribution in [0.2, 0.25) is 0 Å². The van der Waals surface area contributed by atoms with Crippen molar-refractivity contribution in [2.45, 2.75) is 6.42 Å². The van der Waals surface area contributed by atoms with E-state index in [1.54, 1.807) is 6.07 Å². The van der Waals surface area contributed by atoms with E-state index in [9.17, 15) is 4.79 Å². The summed E-state index contributed by atoms with van der Waals surface area (Å²) >= 11 is 0. The fourth-order valence-electron chi connectivity index (χ4n) is 1.17. The quantitative estimate of drug-likeness (QED) is 0.336. The Hall–Kier alpha value is -1.51. The molecule has 0 spiro atoms. The lowest BCUT2D eigenvalue weighted by atomic mass is 10.1. The number of hydrogen-bond acceptors (Lipinski definition) is 3. The summed E-state index contributed by atoms with van der Waals surface area (Å²) in [4.78, 5) is 10.8. The van der Waals surface area contributed by atoms with Gasteiger partial charge >= 0.3 is 5.97 Å².